The Balaban J connectivity index is 0.00000225. The average molecular weight is 385 g/mol. The molecule has 1 unspecified atom stereocenters. The monoisotopic (exact) mass is 384 g/mol. The predicted molar refractivity (Wildman–Crippen MR) is 106 cm³/mol. The van der Waals surface area contributed by atoms with Gasteiger partial charge in [0.1, 0.15) is 0 Å². The lowest BCUT2D eigenvalue weighted by Crippen LogP contribution is -2.40. The largest absolute Gasteiger partial charge is 0.370 e. The molecule has 8 heteroatoms. The summed E-state index contributed by atoms with van der Waals surface area (Å²) in [7, 11) is 0. The number of halogens is 1. The molecule has 0 aliphatic carbocycles. The average Bonchev–Trinajstić information content (AvgIpc) is 3.09. The van der Waals surface area contributed by atoms with Crippen molar-refractivity contribution >= 4 is 47.4 Å². The molecule has 4 N–H and O–H groups in total. The minimum Gasteiger partial charge on any atom is -0.370 e. The number of carbonyl (C=O) groups is 2. The lowest BCUT2D eigenvalue weighted by Gasteiger charge is -2.24. The third-order valence-electron chi connectivity index (χ3n) is 4.43. The summed E-state index contributed by atoms with van der Waals surface area (Å²) in [4.78, 5) is 26.2. The summed E-state index contributed by atoms with van der Waals surface area (Å²) in [6, 6.07) is 5.51. The Labute approximate surface area is 158 Å². The van der Waals surface area contributed by atoms with Gasteiger partial charge in [0.2, 0.25) is 11.8 Å². The molecule has 2 aliphatic rings. The van der Waals surface area contributed by atoms with Crippen molar-refractivity contribution in [2.24, 2.45) is 5.73 Å². The van der Waals surface area contributed by atoms with Gasteiger partial charge in [-0.1, -0.05) is 0 Å². The molecule has 25 heavy (non-hydrogen) atoms. The van der Waals surface area contributed by atoms with E-state index in [-0.39, 0.29) is 24.4 Å². The predicted octanol–water partition coefficient (Wildman–Crippen LogP) is 1.84. The van der Waals surface area contributed by atoms with Crippen molar-refractivity contribution in [1.29, 1.82) is 0 Å². The molecule has 2 saturated heterocycles. The van der Waals surface area contributed by atoms with E-state index in [0.29, 0.717) is 17.7 Å². The smallest absolute Gasteiger partial charge is 0.248 e. The molecule has 0 radical (unpaired) electrons. The highest BCUT2D eigenvalue weighted by Gasteiger charge is 2.21. The lowest BCUT2D eigenvalue weighted by molar-refractivity contribution is -0.116. The molecule has 0 spiro atoms. The summed E-state index contributed by atoms with van der Waals surface area (Å²) in [6.07, 6.45) is 2.73. The van der Waals surface area contributed by atoms with Crippen LogP contribution in [0, 0.1) is 0 Å². The summed E-state index contributed by atoms with van der Waals surface area (Å²) in [6.45, 7) is 2.89. The third kappa shape index (κ3) is 5.26. The number of anilines is 2. The number of amides is 2. The summed E-state index contributed by atoms with van der Waals surface area (Å²) >= 11 is 1.87. The maximum absolute atomic E-state index is 12.4. The fourth-order valence-electron chi connectivity index (χ4n) is 3.20. The minimum absolute atomic E-state index is 0. The van der Waals surface area contributed by atoms with Gasteiger partial charge in [-0.15, -0.1) is 12.4 Å². The van der Waals surface area contributed by atoms with Gasteiger partial charge in [-0.25, -0.2) is 0 Å². The van der Waals surface area contributed by atoms with Crippen LogP contribution < -0.4 is 21.3 Å². The summed E-state index contributed by atoms with van der Waals surface area (Å²) < 4.78 is 0. The number of rotatable bonds is 5. The number of benzene rings is 1. The molecule has 1 aromatic carbocycles. The number of nitrogens with two attached hydrogens (primary N) is 1. The zero-order valence-corrected chi connectivity index (χ0v) is 15.8. The fraction of sp³-hybridized carbons (Fsp3) is 0.529. The molecule has 1 aromatic rings. The Morgan fingerprint density at radius 1 is 1.32 bits per heavy atom. The summed E-state index contributed by atoms with van der Waals surface area (Å²) in [5.41, 5.74) is 7.46. The van der Waals surface area contributed by atoms with Crippen LogP contribution in [0.2, 0.25) is 0 Å². The lowest BCUT2D eigenvalue weighted by atomic mass is 10.1. The summed E-state index contributed by atoms with van der Waals surface area (Å²) in [5.74, 6) is 1.53. The highest BCUT2D eigenvalue weighted by atomic mass is 35.5. The first-order chi connectivity index (χ1) is 11.6. The van der Waals surface area contributed by atoms with Gasteiger partial charge < -0.3 is 21.3 Å². The molecule has 0 bridgehead atoms. The first kappa shape index (κ1) is 19.9. The molecule has 1 atom stereocenters. The Kier molecular flexibility index (Phi) is 7.40. The zero-order chi connectivity index (χ0) is 16.9. The van der Waals surface area contributed by atoms with Gasteiger partial charge in [-0.3, -0.25) is 9.59 Å². The van der Waals surface area contributed by atoms with Crippen LogP contribution in [0.5, 0.6) is 0 Å². The molecule has 2 fully saturated rings. The molecule has 3 rings (SSSR count). The maximum Gasteiger partial charge on any atom is 0.248 e. The number of primary amides is 1. The Morgan fingerprint density at radius 2 is 2.08 bits per heavy atom. The Bertz CT molecular complexity index is 617. The zero-order valence-electron chi connectivity index (χ0n) is 14.1. The maximum atomic E-state index is 12.4. The summed E-state index contributed by atoms with van der Waals surface area (Å²) in [5, 5.41) is 6.36. The van der Waals surface area contributed by atoms with E-state index < -0.39 is 5.91 Å². The van der Waals surface area contributed by atoms with E-state index in [1.807, 2.05) is 17.8 Å². The standard InChI is InChI=1S/C17H24N4O2S.ClH/c18-17(23)12-3-4-15(21-6-1-2-7-21)14(9-12)20-16(22)10-13-11-24-8-5-19-13;/h3-4,9,13,19H,1-2,5-8,10-11H2,(H2,18,23)(H,20,22);1H. The van der Waals surface area contributed by atoms with Crippen molar-refractivity contribution in [3.8, 4) is 0 Å². The molecule has 0 saturated carbocycles. The van der Waals surface area contributed by atoms with E-state index in [1.54, 1.807) is 12.1 Å². The minimum atomic E-state index is -0.483. The first-order valence-electron chi connectivity index (χ1n) is 8.43. The van der Waals surface area contributed by atoms with Crippen molar-refractivity contribution in [2.45, 2.75) is 25.3 Å². The van der Waals surface area contributed by atoms with E-state index in [1.165, 1.54) is 0 Å². The van der Waals surface area contributed by atoms with E-state index in [4.69, 9.17) is 5.73 Å². The molecule has 2 aliphatic heterocycles. The highest BCUT2D eigenvalue weighted by Crippen LogP contribution is 2.30. The van der Waals surface area contributed by atoms with Crippen molar-refractivity contribution in [1.82, 2.24) is 5.32 Å². The van der Waals surface area contributed by atoms with Crippen LogP contribution in [0.1, 0.15) is 29.6 Å². The second kappa shape index (κ2) is 9.31. The number of thioether (sulfide) groups is 1. The van der Waals surface area contributed by atoms with E-state index >= 15 is 0 Å². The topological polar surface area (TPSA) is 87.5 Å². The van der Waals surface area contributed by atoms with Gasteiger partial charge in [0.15, 0.2) is 0 Å². The van der Waals surface area contributed by atoms with E-state index in [0.717, 1.165) is 49.7 Å². The normalized spacial score (nSPS) is 20.0. The molecule has 2 heterocycles. The van der Waals surface area contributed by atoms with Crippen LogP contribution in [-0.2, 0) is 4.79 Å². The van der Waals surface area contributed by atoms with Crippen molar-refractivity contribution in [3.63, 3.8) is 0 Å². The van der Waals surface area contributed by atoms with Crippen LogP contribution in [-0.4, -0.2) is 49.0 Å². The number of carbonyl (C=O) groups excluding carboxylic acids is 2. The van der Waals surface area contributed by atoms with Crippen LogP contribution in [0.4, 0.5) is 11.4 Å². The third-order valence-corrected chi connectivity index (χ3v) is 5.56. The highest BCUT2D eigenvalue weighted by molar-refractivity contribution is 7.99. The second-order valence-electron chi connectivity index (χ2n) is 6.27. The van der Waals surface area contributed by atoms with Crippen molar-refractivity contribution in [2.75, 3.05) is 41.4 Å². The van der Waals surface area contributed by atoms with Crippen molar-refractivity contribution in [3.05, 3.63) is 23.8 Å². The van der Waals surface area contributed by atoms with Crippen LogP contribution >= 0.6 is 24.2 Å². The van der Waals surface area contributed by atoms with Gasteiger partial charge in [-0.05, 0) is 31.0 Å². The Hall–Kier alpha value is -1.44. The number of hydrogen-bond acceptors (Lipinski definition) is 5. The van der Waals surface area contributed by atoms with E-state index in [9.17, 15) is 9.59 Å². The molecule has 6 nitrogen and oxygen atoms in total. The van der Waals surface area contributed by atoms with E-state index in [2.05, 4.69) is 15.5 Å². The number of nitrogens with one attached hydrogen (secondary N) is 2. The Morgan fingerprint density at radius 3 is 2.72 bits per heavy atom. The van der Waals surface area contributed by atoms with Crippen LogP contribution in [0.25, 0.3) is 0 Å². The van der Waals surface area contributed by atoms with Crippen LogP contribution in [0.3, 0.4) is 0 Å². The first-order valence-corrected chi connectivity index (χ1v) is 9.59. The SMILES string of the molecule is Cl.NC(=O)c1ccc(N2CCCC2)c(NC(=O)CC2CSCCN2)c1. The van der Waals surface area contributed by atoms with Gasteiger partial charge >= 0.3 is 0 Å². The fourth-order valence-corrected chi connectivity index (χ4v) is 4.15. The molecular formula is C17H25ClN4O2S. The van der Waals surface area contributed by atoms with Crippen molar-refractivity contribution < 1.29 is 9.59 Å². The van der Waals surface area contributed by atoms with Gasteiger partial charge in [0, 0.05) is 49.2 Å². The quantitative estimate of drug-likeness (QED) is 0.721. The molecule has 0 aromatic heterocycles. The number of hydrogen-bond donors (Lipinski definition) is 3. The molecule has 2 amide bonds. The molecule has 138 valence electrons. The molecular weight excluding hydrogens is 360 g/mol. The second-order valence-corrected chi connectivity index (χ2v) is 7.42. The van der Waals surface area contributed by atoms with Gasteiger partial charge in [-0.2, -0.15) is 11.8 Å². The number of nitrogens with zero attached hydrogens (tertiary/aromatic N) is 1. The van der Waals surface area contributed by atoms with Gasteiger partial charge in [0.05, 0.1) is 11.4 Å². The van der Waals surface area contributed by atoms with Crippen LogP contribution in [0.15, 0.2) is 18.2 Å². The van der Waals surface area contributed by atoms with Gasteiger partial charge in [0.25, 0.3) is 0 Å².